The average Bonchev–Trinajstić information content (AvgIpc) is 2.49. The van der Waals surface area contributed by atoms with Crippen molar-refractivity contribution in [1.29, 1.82) is 0 Å². The second-order valence-electron chi connectivity index (χ2n) is 4.63. The van der Waals surface area contributed by atoms with E-state index in [2.05, 4.69) is 10.2 Å². The summed E-state index contributed by atoms with van der Waals surface area (Å²) in [4.78, 5) is 13.6. The van der Waals surface area contributed by atoms with Gasteiger partial charge >= 0.3 is 0 Å². The van der Waals surface area contributed by atoms with Gasteiger partial charge < -0.3 is 9.64 Å². The first-order chi connectivity index (χ1) is 10.1. The highest BCUT2D eigenvalue weighted by Gasteiger charge is 2.13. The molecular formula is C15H16ClN3O2. The monoisotopic (exact) mass is 305 g/mol. The number of rotatable bonds is 5. The molecule has 1 amide bonds. The Bertz CT molecular complexity index is 599. The van der Waals surface area contributed by atoms with Gasteiger partial charge in [-0.3, -0.25) is 4.79 Å². The van der Waals surface area contributed by atoms with Gasteiger partial charge in [0.05, 0.1) is 6.54 Å². The molecule has 21 heavy (non-hydrogen) atoms. The van der Waals surface area contributed by atoms with Crippen LogP contribution in [0.1, 0.15) is 16.1 Å². The third kappa shape index (κ3) is 4.43. The Morgan fingerprint density at radius 2 is 1.90 bits per heavy atom. The van der Waals surface area contributed by atoms with Crippen molar-refractivity contribution in [1.82, 2.24) is 15.1 Å². The zero-order valence-electron chi connectivity index (χ0n) is 11.9. The van der Waals surface area contributed by atoms with E-state index in [1.807, 2.05) is 31.2 Å². The molecule has 0 aliphatic carbocycles. The van der Waals surface area contributed by atoms with E-state index in [9.17, 15) is 4.79 Å². The minimum atomic E-state index is -0.216. The minimum Gasteiger partial charge on any atom is -0.492 e. The lowest BCUT2D eigenvalue weighted by Crippen LogP contribution is -2.31. The third-order valence-corrected chi connectivity index (χ3v) is 3.12. The number of hydrogen-bond donors (Lipinski definition) is 0. The Balaban J connectivity index is 1.83. The highest BCUT2D eigenvalue weighted by Crippen LogP contribution is 2.11. The Hall–Kier alpha value is -2.14. The van der Waals surface area contributed by atoms with Crippen LogP contribution in [-0.4, -0.2) is 41.2 Å². The Kier molecular flexibility index (Phi) is 5.11. The summed E-state index contributed by atoms with van der Waals surface area (Å²) in [5.41, 5.74) is 1.44. The highest BCUT2D eigenvalue weighted by molar-refractivity contribution is 6.29. The molecule has 0 aliphatic heterocycles. The summed E-state index contributed by atoms with van der Waals surface area (Å²) in [7, 11) is 1.69. The Morgan fingerprint density at radius 3 is 2.52 bits per heavy atom. The summed E-state index contributed by atoms with van der Waals surface area (Å²) in [5.74, 6) is 0.569. The number of ether oxygens (including phenoxy) is 1. The number of carbonyl (C=O) groups excluding carboxylic acids is 1. The van der Waals surface area contributed by atoms with Crippen molar-refractivity contribution in [2.75, 3.05) is 20.2 Å². The molecule has 0 N–H and O–H groups in total. The van der Waals surface area contributed by atoms with Crippen molar-refractivity contribution in [3.05, 3.63) is 52.8 Å². The van der Waals surface area contributed by atoms with E-state index in [4.69, 9.17) is 16.3 Å². The second kappa shape index (κ2) is 7.04. The topological polar surface area (TPSA) is 55.3 Å². The molecule has 0 unspecified atom stereocenters. The third-order valence-electron chi connectivity index (χ3n) is 2.91. The van der Waals surface area contributed by atoms with Gasteiger partial charge in [-0.25, -0.2) is 0 Å². The van der Waals surface area contributed by atoms with Gasteiger partial charge in [0.25, 0.3) is 5.91 Å². The first-order valence-corrected chi connectivity index (χ1v) is 6.88. The Labute approximate surface area is 128 Å². The SMILES string of the molecule is Cc1ccc(OCCN(C)C(=O)c2ccc(Cl)nn2)cc1. The van der Waals surface area contributed by atoms with E-state index >= 15 is 0 Å². The highest BCUT2D eigenvalue weighted by atomic mass is 35.5. The van der Waals surface area contributed by atoms with Gasteiger partial charge in [-0.05, 0) is 31.2 Å². The van der Waals surface area contributed by atoms with Gasteiger partial charge in [-0.15, -0.1) is 10.2 Å². The van der Waals surface area contributed by atoms with Gasteiger partial charge in [-0.2, -0.15) is 0 Å². The molecule has 0 aliphatic rings. The molecule has 1 aromatic carbocycles. The lowest BCUT2D eigenvalue weighted by atomic mass is 10.2. The zero-order valence-corrected chi connectivity index (χ0v) is 12.7. The van der Waals surface area contributed by atoms with E-state index in [-0.39, 0.29) is 16.8 Å². The number of carbonyl (C=O) groups is 1. The van der Waals surface area contributed by atoms with Crippen LogP contribution in [-0.2, 0) is 0 Å². The van der Waals surface area contributed by atoms with E-state index in [1.165, 1.54) is 10.5 Å². The van der Waals surface area contributed by atoms with Crippen LogP contribution >= 0.6 is 11.6 Å². The summed E-state index contributed by atoms with van der Waals surface area (Å²) in [5, 5.41) is 7.68. The number of halogens is 1. The van der Waals surface area contributed by atoms with E-state index in [0.717, 1.165) is 5.75 Å². The molecule has 5 nitrogen and oxygen atoms in total. The molecule has 0 spiro atoms. The summed E-state index contributed by atoms with van der Waals surface area (Å²) < 4.78 is 5.59. The van der Waals surface area contributed by atoms with E-state index in [1.54, 1.807) is 19.2 Å². The molecule has 0 bridgehead atoms. The van der Waals surface area contributed by atoms with Crippen LogP contribution in [0, 0.1) is 6.92 Å². The van der Waals surface area contributed by atoms with Crippen molar-refractivity contribution in [2.45, 2.75) is 6.92 Å². The van der Waals surface area contributed by atoms with Crippen molar-refractivity contribution in [2.24, 2.45) is 0 Å². The van der Waals surface area contributed by atoms with E-state index in [0.29, 0.717) is 13.2 Å². The van der Waals surface area contributed by atoms with Crippen LogP contribution in [0.5, 0.6) is 5.75 Å². The molecule has 0 atom stereocenters. The fourth-order valence-electron chi connectivity index (χ4n) is 1.66. The zero-order chi connectivity index (χ0) is 15.2. The number of aryl methyl sites for hydroxylation is 1. The van der Waals surface area contributed by atoms with Gasteiger partial charge in [0.2, 0.25) is 0 Å². The van der Waals surface area contributed by atoms with Gasteiger partial charge in [0, 0.05) is 7.05 Å². The van der Waals surface area contributed by atoms with Crippen molar-refractivity contribution in [3.8, 4) is 5.75 Å². The molecule has 0 saturated carbocycles. The van der Waals surface area contributed by atoms with Crippen LogP contribution in [0.4, 0.5) is 0 Å². The molecule has 1 aromatic heterocycles. The summed E-state index contributed by atoms with van der Waals surface area (Å²) >= 11 is 5.64. The number of aromatic nitrogens is 2. The quantitative estimate of drug-likeness (QED) is 0.852. The first-order valence-electron chi connectivity index (χ1n) is 6.50. The van der Waals surface area contributed by atoms with Gasteiger partial charge in [-0.1, -0.05) is 29.3 Å². The maximum Gasteiger partial charge on any atom is 0.274 e. The maximum absolute atomic E-state index is 12.1. The number of nitrogens with zero attached hydrogens (tertiary/aromatic N) is 3. The second-order valence-corrected chi connectivity index (χ2v) is 5.02. The summed E-state index contributed by atoms with van der Waals surface area (Å²) in [6.45, 7) is 2.88. The van der Waals surface area contributed by atoms with Gasteiger partial charge in [0.15, 0.2) is 10.8 Å². The lowest BCUT2D eigenvalue weighted by Gasteiger charge is -2.16. The molecule has 1 heterocycles. The molecule has 2 rings (SSSR count). The molecule has 2 aromatic rings. The van der Waals surface area contributed by atoms with Crippen LogP contribution < -0.4 is 4.74 Å². The van der Waals surface area contributed by atoms with Crippen LogP contribution in [0.15, 0.2) is 36.4 Å². The smallest absolute Gasteiger partial charge is 0.274 e. The Morgan fingerprint density at radius 1 is 1.19 bits per heavy atom. The molecule has 110 valence electrons. The number of benzene rings is 1. The summed E-state index contributed by atoms with van der Waals surface area (Å²) in [6, 6.07) is 10.9. The van der Waals surface area contributed by atoms with Crippen LogP contribution in [0.3, 0.4) is 0 Å². The molecule has 0 saturated heterocycles. The largest absolute Gasteiger partial charge is 0.492 e. The molecule has 0 radical (unpaired) electrons. The lowest BCUT2D eigenvalue weighted by molar-refractivity contribution is 0.0767. The number of likely N-dealkylation sites (N-methyl/N-ethyl adjacent to an activating group) is 1. The van der Waals surface area contributed by atoms with E-state index < -0.39 is 0 Å². The van der Waals surface area contributed by atoms with Gasteiger partial charge in [0.1, 0.15) is 12.4 Å². The molecule has 6 heteroatoms. The number of hydrogen-bond acceptors (Lipinski definition) is 4. The molecule has 0 fully saturated rings. The normalized spacial score (nSPS) is 10.2. The number of amides is 1. The first kappa shape index (κ1) is 15.3. The predicted octanol–water partition coefficient (Wildman–Crippen LogP) is 2.59. The fraction of sp³-hybridized carbons (Fsp3) is 0.267. The van der Waals surface area contributed by atoms with Crippen molar-refractivity contribution < 1.29 is 9.53 Å². The maximum atomic E-state index is 12.1. The van der Waals surface area contributed by atoms with Crippen molar-refractivity contribution in [3.63, 3.8) is 0 Å². The summed E-state index contributed by atoms with van der Waals surface area (Å²) in [6.07, 6.45) is 0. The molecular weight excluding hydrogens is 290 g/mol. The minimum absolute atomic E-state index is 0.216. The predicted molar refractivity (Wildman–Crippen MR) is 80.7 cm³/mol. The van der Waals surface area contributed by atoms with Crippen LogP contribution in [0.2, 0.25) is 5.15 Å². The standard InChI is InChI=1S/C15H16ClN3O2/c1-11-3-5-12(6-4-11)21-10-9-19(2)15(20)13-7-8-14(16)18-17-13/h3-8H,9-10H2,1-2H3. The average molecular weight is 306 g/mol. The van der Waals surface area contributed by atoms with Crippen molar-refractivity contribution >= 4 is 17.5 Å². The van der Waals surface area contributed by atoms with Crippen LogP contribution in [0.25, 0.3) is 0 Å². The fourth-order valence-corrected chi connectivity index (χ4v) is 1.76.